The van der Waals surface area contributed by atoms with Crippen LogP contribution in [0, 0.1) is 0 Å². The predicted molar refractivity (Wildman–Crippen MR) is 119 cm³/mol. The lowest BCUT2D eigenvalue weighted by atomic mass is 10.0. The Morgan fingerprint density at radius 3 is 2.00 bits per heavy atom. The fraction of sp³-hybridized carbons (Fsp3) is 0.458. The molecule has 0 bridgehead atoms. The summed E-state index contributed by atoms with van der Waals surface area (Å²) in [6.45, 7) is 4.64. The van der Waals surface area contributed by atoms with Crippen molar-refractivity contribution >= 4 is 11.6 Å². The molecule has 30 heavy (non-hydrogen) atoms. The van der Waals surface area contributed by atoms with Gasteiger partial charge >= 0.3 is 0 Å². The summed E-state index contributed by atoms with van der Waals surface area (Å²) in [4.78, 5) is 17.1. The molecule has 0 unspecified atom stereocenters. The lowest BCUT2D eigenvalue weighted by molar-refractivity contribution is -0.119. The molecule has 0 atom stereocenters. The molecule has 0 N–H and O–H groups in total. The van der Waals surface area contributed by atoms with Gasteiger partial charge in [-0.25, -0.2) is 0 Å². The summed E-state index contributed by atoms with van der Waals surface area (Å²) < 4.78 is 16.0. The van der Waals surface area contributed by atoms with E-state index in [0.29, 0.717) is 6.42 Å². The molecular formula is C24H32N2O4. The van der Waals surface area contributed by atoms with E-state index in [0.717, 1.165) is 55.4 Å². The number of hydrogen-bond acceptors (Lipinski definition) is 5. The first-order valence-electron chi connectivity index (χ1n) is 10.5. The minimum Gasteiger partial charge on any atom is -0.497 e. The number of hydrogen-bond donors (Lipinski definition) is 0. The number of rotatable bonds is 8. The molecule has 6 heteroatoms. The molecule has 1 aliphatic rings. The van der Waals surface area contributed by atoms with E-state index >= 15 is 0 Å². The monoisotopic (exact) mass is 412 g/mol. The van der Waals surface area contributed by atoms with Gasteiger partial charge in [0.05, 0.1) is 21.3 Å². The number of piperidine rings is 1. The first-order valence-corrected chi connectivity index (χ1v) is 10.5. The third-order valence-electron chi connectivity index (χ3n) is 5.66. The highest BCUT2D eigenvalue weighted by molar-refractivity contribution is 5.93. The third kappa shape index (κ3) is 5.25. The lowest BCUT2D eigenvalue weighted by Gasteiger charge is -2.38. The second-order valence-corrected chi connectivity index (χ2v) is 7.54. The number of methoxy groups -OCH3 is 3. The van der Waals surface area contributed by atoms with Gasteiger partial charge in [-0.2, -0.15) is 0 Å². The normalized spacial score (nSPS) is 14.9. The molecule has 0 radical (unpaired) electrons. The van der Waals surface area contributed by atoms with Crippen molar-refractivity contribution in [2.75, 3.05) is 39.3 Å². The van der Waals surface area contributed by atoms with Crippen molar-refractivity contribution in [1.82, 2.24) is 4.90 Å². The average molecular weight is 413 g/mol. The maximum atomic E-state index is 12.7. The van der Waals surface area contributed by atoms with Crippen LogP contribution in [0.2, 0.25) is 0 Å². The molecule has 2 aromatic carbocycles. The first-order chi connectivity index (χ1) is 14.6. The van der Waals surface area contributed by atoms with Crippen LogP contribution < -0.4 is 19.1 Å². The molecule has 1 saturated heterocycles. The van der Waals surface area contributed by atoms with Crippen LogP contribution in [0.1, 0.15) is 31.7 Å². The number of carbonyl (C=O) groups excluding carboxylic acids is 1. The number of carbonyl (C=O) groups is 1. The third-order valence-corrected chi connectivity index (χ3v) is 5.66. The van der Waals surface area contributed by atoms with E-state index in [1.165, 1.54) is 5.56 Å². The number of nitrogens with zero attached hydrogens (tertiary/aromatic N) is 2. The number of benzene rings is 2. The molecule has 0 spiro atoms. The summed E-state index contributed by atoms with van der Waals surface area (Å²) in [5.41, 5.74) is 2.11. The van der Waals surface area contributed by atoms with Gasteiger partial charge < -0.3 is 19.1 Å². The van der Waals surface area contributed by atoms with Crippen LogP contribution >= 0.6 is 0 Å². The molecule has 1 fully saturated rings. The Bertz CT molecular complexity index is 807. The summed E-state index contributed by atoms with van der Waals surface area (Å²) in [5.74, 6) is 2.57. The minimum atomic E-state index is 0.163. The Labute approximate surface area is 179 Å². The van der Waals surface area contributed by atoms with E-state index in [-0.39, 0.29) is 11.9 Å². The Morgan fingerprint density at radius 1 is 0.933 bits per heavy atom. The molecule has 0 aromatic heterocycles. The first kappa shape index (κ1) is 22.0. The summed E-state index contributed by atoms with van der Waals surface area (Å²) >= 11 is 0. The van der Waals surface area contributed by atoms with Crippen LogP contribution in [0.15, 0.2) is 42.5 Å². The summed E-state index contributed by atoms with van der Waals surface area (Å²) in [5, 5.41) is 0. The van der Waals surface area contributed by atoms with Gasteiger partial charge in [-0.05, 0) is 54.8 Å². The summed E-state index contributed by atoms with van der Waals surface area (Å²) in [7, 11) is 4.99. The molecular weight excluding hydrogens is 380 g/mol. The molecule has 1 aliphatic heterocycles. The molecule has 3 rings (SSSR count). The predicted octanol–water partition coefficient (Wildman–Crippen LogP) is 4.12. The van der Waals surface area contributed by atoms with Crippen LogP contribution in [0.5, 0.6) is 17.2 Å². The largest absolute Gasteiger partial charge is 0.497 e. The van der Waals surface area contributed by atoms with Crippen LogP contribution in [0.25, 0.3) is 0 Å². The van der Waals surface area contributed by atoms with Crippen molar-refractivity contribution in [3.8, 4) is 17.2 Å². The molecule has 2 aromatic rings. The topological polar surface area (TPSA) is 51.2 Å². The van der Waals surface area contributed by atoms with Gasteiger partial charge in [0.15, 0.2) is 0 Å². The van der Waals surface area contributed by atoms with E-state index in [9.17, 15) is 4.79 Å². The standard InChI is InChI=1S/C24H32N2O4/c1-5-24(27)26(19-6-8-21(28-2)9-7-19)20-10-12-25(13-11-20)17-18-14-22(29-3)16-23(15-18)30-4/h6-9,14-16,20H,5,10-13,17H2,1-4H3. The van der Waals surface area contributed by atoms with Crippen molar-refractivity contribution in [1.29, 1.82) is 0 Å². The van der Waals surface area contributed by atoms with Gasteiger partial charge in [-0.15, -0.1) is 0 Å². The van der Waals surface area contributed by atoms with Crippen molar-refractivity contribution < 1.29 is 19.0 Å². The Balaban J connectivity index is 1.67. The second kappa shape index (κ2) is 10.3. The Hall–Kier alpha value is -2.73. The molecule has 6 nitrogen and oxygen atoms in total. The molecule has 1 amide bonds. The minimum absolute atomic E-state index is 0.163. The maximum Gasteiger partial charge on any atom is 0.226 e. The van der Waals surface area contributed by atoms with Gasteiger partial charge in [0.2, 0.25) is 5.91 Å². The van der Waals surface area contributed by atoms with Crippen LogP contribution in [-0.4, -0.2) is 51.3 Å². The van der Waals surface area contributed by atoms with Gasteiger partial charge in [0.1, 0.15) is 17.2 Å². The number of ether oxygens (including phenoxy) is 3. The van der Waals surface area contributed by atoms with Gasteiger partial charge in [0, 0.05) is 43.9 Å². The number of likely N-dealkylation sites (tertiary alicyclic amines) is 1. The number of amides is 1. The second-order valence-electron chi connectivity index (χ2n) is 7.54. The van der Waals surface area contributed by atoms with Crippen LogP contribution in [0.3, 0.4) is 0 Å². The summed E-state index contributed by atoms with van der Waals surface area (Å²) in [6, 6.07) is 14.0. The van der Waals surface area contributed by atoms with E-state index in [2.05, 4.69) is 17.0 Å². The van der Waals surface area contributed by atoms with Gasteiger partial charge in [0.25, 0.3) is 0 Å². The average Bonchev–Trinajstić information content (AvgIpc) is 2.80. The van der Waals surface area contributed by atoms with Crippen molar-refractivity contribution in [3.05, 3.63) is 48.0 Å². The fourth-order valence-corrected chi connectivity index (χ4v) is 4.02. The molecule has 1 heterocycles. The van der Waals surface area contributed by atoms with Crippen LogP contribution in [-0.2, 0) is 11.3 Å². The molecule has 162 valence electrons. The quantitative estimate of drug-likeness (QED) is 0.653. The Kier molecular flexibility index (Phi) is 7.57. The zero-order chi connectivity index (χ0) is 21.5. The highest BCUT2D eigenvalue weighted by Crippen LogP contribution is 2.28. The molecule has 0 aliphatic carbocycles. The Morgan fingerprint density at radius 2 is 1.50 bits per heavy atom. The van der Waals surface area contributed by atoms with Crippen LogP contribution in [0.4, 0.5) is 5.69 Å². The van der Waals surface area contributed by atoms with Crippen molar-refractivity contribution in [2.24, 2.45) is 0 Å². The van der Waals surface area contributed by atoms with Crippen molar-refractivity contribution in [3.63, 3.8) is 0 Å². The van der Waals surface area contributed by atoms with Gasteiger partial charge in [-0.1, -0.05) is 6.92 Å². The van der Waals surface area contributed by atoms with Gasteiger partial charge in [-0.3, -0.25) is 9.69 Å². The SMILES string of the molecule is CCC(=O)N(c1ccc(OC)cc1)C1CCN(Cc2cc(OC)cc(OC)c2)CC1. The van der Waals surface area contributed by atoms with E-state index in [4.69, 9.17) is 14.2 Å². The summed E-state index contributed by atoms with van der Waals surface area (Å²) in [6.07, 6.45) is 2.38. The van der Waals surface area contributed by atoms with E-state index < -0.39 is 0 Å². The maximum absolute atomic E-state index is 12.7. The highest BCUT2D eigenvalue weighted by atomic mass is 16.5. The zero-order valence-electron chi connectivity index (χ0n) is 18.4. The smallest absolute Gasteiger partial charge is 0.226 e. The fourth-order valence-electron chi connectivity index (χ4n) is 4.02. The van der Waals surface area contributed by atoms with E-state index in [1.54, 1.807) is 21.3 Å². The molecule has 0 saturated carbocycles. The van der Waals surface area contributed by atoms with Crippen molar-refractivity contribution in [2.45, 2.75) is 38.8 Å². The zero-order valence-corrected chi connectivity index (χ0v) is 18.4. The number of anilines is 1. The lowest BCUT2D eigenvalue weighted by Crippen LogP contribution is -2.47. The van der Waals surface area contributed by atoms with E-state index in [1.807, 2.05) is 42.2 Å². The highest BCUT2D eigenvalue weighted by Gasteiger charge is 2.28.